The van der Waals surface area contributed by atoms with Gasteiger partial charge in [-0.2, -0.15) is 0 Å². The number of halogens is 1. The van der Waals surface area contributed by atoms with Crippen LogP contribution in [0.15, 0.2) is 72.8 Å². The molecule has 0 fully saturated rings. The van der Waals surface area contributed by atoms with Crippen LogP contribution < -0.4 is 10.1 Å². The lowest BCUT2D eigenvalue weighted by Gasteiger charge is -2.10. The fraction of sp³-hybridized carbons (Fsp3) is 0.136. The zero-order chi connectivity index (χ0) is 18.4. The molecule has 3 aromatic rings. The molecule has 0 aromatic heterocycles. The quantitative estimate of drug-likeness (QED) is 0.655. The molecule has 0 aliphatic heterocycles. The smallest absolute Gasteiger partial charge is 0.251 e. The van der Waals surface area contributed by atoms with E-state index in [1.807, 2.05) is 67.6 Å². The Balaban J connectivity index is 1.60. The van der Waals surface area contributed by atoms with E-state index in [-0.39, 0.29) is 5.91 Å². The minimum atomic E-state index is -0.131. The average molecular weight is 366 g/mol. The van der Waals surface area contributed by atoms with E-state index in [1.54, 1.807) is 12.1 Å². The third-order valence-electron chi connectivity index (χ3n) is 4.02. The standard InChI is InChI=1S/C22H20ClNO2/c1-16-9-11-17(12-10-16)14-24-22(25)18-6-4-7-20(13-18)26-15-19-5-2-3-8-21(19)23/h2-13H,14-15H2,1H3,(H,24,25). The lowest BCUT2D eigenvalue weighted by molar-refractivity contribution is 0.0950. The largest absolute Gasteiger partial charge is 0.489 e. The van der Waals surface area contributed by atoms with Crippen LogP contribution in [-0.2, 0) is 13.2 Å². The Morgan fingerprint density at radius 1 is 1.00 bits per heavy atom. The molecule has 0 saturated heterocycles. The highest BCUT2D eigenvalue weighted by Crippen LogP contribution is 2.19. The van der Waals surface area contributed by atoms with Crippen LogP contribution in [0.5, 0.6) is 5.75 Å². The third-order valence-corrected chi connectivity index (χ3v) is 4.39. The van der Waals surface area contributed by atoms with Crippen molar-refractivity contribution in [2.75, 3.05) is 0 Å². The summed E-state index contributed by atoms with van der Waals surface area (Å²) in [6, 6.07) is 22.8. The number of nitrogens with one attached hydrogen (secondary N) is 1. The van der Waals surface area contributed by atoms with Crippen molar-refractivity contribution in [3.8, 4) is 5.75 Å². The molecule has 0 bridgehead atoms. The number of amides is 1. The topological polar surface area (TPSA) is 38.3 Å². The lowest BCUT2D eigenvalue weighted by atomic mass is 10.1. The molecule has 26 heavy (non-hydrogen) atoms. The second kappa shape index (κ2) is 8.54. The predicted molar refractivity (Wildman–Crippen MR) is 105 cm³/mol. The van der Waals surface area contributed by atoms with Gasteiger partial charge in [0.2, 0.25) is 0 Å². The lowest BCUT2D eigenvalue weighted by Crippen LogP contribution is -2.22. The van der Waals surface area contributed by atoms with Crippen molar-refractivity contribution in [3.63, 3.8) is 0 Å². The first kappa shape index (κ1) is 18.0. The Hall–Kier alpha value is -2.78. The van der Waals surface area contributed by atoms with Gasteiger partial charge in [0.25, 0.3) is 5.91 Å². The average Bonchev–Trinajstić information content (AvgIpc) is 2.67. The van der Waals surface area contributed by atoms with Gasteiger partial charge in [0, 0.05) is 22.7 Å². The zero-order valence-electron chi connectivity index (χ0n) is 14.5. The Kier molecular flexibility index (Phi) is 5.92. The minimum absolute atomic E-state index is 0.131. The van der Waals surface area contributed by atoms with E-state index in [1.165, 1.54) is 5.56 Å². The maximum absolute atomic E-state index is 12.4. The van der Waals surface area contributed by atoms with Gasteiger partial charge in [0.1, 0.15) is 12.4 Å². The number of benzene rings is 3. The molecule has 0 aliphatic rings. The van der Waals surface area contributed by atoms with Gasteiger partial charge in [-0.25, -0.2) is 0 Å². The fourth-order valence-electron chi connectivity index (χ4n) is 2.49. The van der Waals surface area contributed by atoms with E-state index in [0.29, 0.717) is 29.5 Å². The van der Waals surface area contributed by atoms with Gasteiger partial charge in [0.15, 0.2) is 0 Å². The van der Waals surface area contributed by atoms with Crippen LogP contribution in [0.25, 0.3) is 0 Å². The third kappa shape index (κ3) is 4.87. The van der Waals surface area contributed by atoms with Crippen molar-refractivity contribution in [1.29, 1.82) is 0 Å². The van der Waals surface area contributed by atoms with Gasteiger partial charge < -0.3 is 10.1 Å². The first-order valence-corrected chi connectivity index (χ1v) is 8.79. The van der Waals surface area contributed by atoms with Crippen LogP contribution in [0.3, 0.4) is 0 Å². The zero-order valence-corrected chi connectivity index (χ0v) is 15.3. The monoisotopic (exact) mass is 365 g/mol. The van der Waals surface area contributed by atoms with Crippen LogP contribution in [0.4, 0.5) is 0 Å². The van der Waals surface area contributed by atoms with Crippen LogP contribution in [0, 0.1) is 6.92 Å². The first-order valence-electron chi connectivity index (χ1n) is 8.42. The normalized spacial score (nSPS) is 10.4. The summed E-state index contributed by atoms with van der Waals surface area (Å²) in [6.07, 6.45) is 0. The summed E-state index contributed by atoms with van der Waals surface area (Å²) in [6.45, 7) is 2.88. The van der Waals surface area contributed by atoms with Gasteiger partial charge in [-0.1, -0.05) is 65.7 Å². The van der Waals surface area contributed by atoms with Crippen molar-refractivity contribution in [2.45, 2.75) is 20.1 Å². The van der Waals surface area contributed by atoms with Crippen molar-refractivity contribution < 1.29 is 9.53 Å². The molecule has 1 N–H and O–H groups in total. The number of rotatable bonds is 6. The van der Waals surface area contributed by atoms with Gasteiger partial charge in [-0.15, -0.1) is 0 Å². The van der Waals surface area contributed by atoms with Crippen LogP contribution in [-0.4, -0.2) is 5.91 Å². The molecule has 0 spiro atoms. The second-order valence-corrected chi connectivity index (χ2v) is 6.48. The Morgan fingerprint density at radius 2 is 1.77 bits per heavy atom. The summed E-state index contributed by atoms with van der Waals surface area (Å²) in [5.41, 5.74) is 3.73. The van der Waals surface area contributed by atoms with Crippen molar-refractivity contribution in [3.05, 3.63) is 100 Å². The summed E-state index contributed by atoms with van der Waals surface area (Å²) in [4.78, 5) is 12.4. The molecule has 3 nitrogen and oxygen atoms in total. The highest BCUT2D eigenvalue weighted by atomic mass is 35.5. The van der Waals surface area contributed by atoms with Crippen LogP contribution in [0.2, 0.25) is 5.02 Å². The number of hydrogen-bond donors (Lipinski definition) is 1. The van der Waals surface area contributed by atoms with Gasteiger partial charge in [-0.3, -0.25) is 4.79 Å². The molecule has 3 rings (SSSR count). The molecular weight excluding hydrogens is 346 g/mol. The molecular formula is C22H20ClNO2. The number of carbonyl (C=O) groups is 1. The molecule has 0 unspecified atom stereocenters. The van der Waals surface area contributed by atoms with E-state index >= 15 is 0 Å². The SMILES string of the molecule is Cc1ccc(CNC(=O)c2cccc(OCc3ccccc3Cl)c2)cc1. The summed E-state index contributed by atoms with van der Waals surface area (Å²) in [5.74, 6) is 0.502. The number of ether oxygens (including phenoxy) is 1. The van der Waals surface area contributed by atoms with E-state index in [2.05, 4.69) is 5.32 Å². The summed E-state index contributed by atoms with van der Waals surface area (Å²) < 4.78 is 5.78. The predicted octanol–water partition coefficient (Wildman–Crippen LogP) is 5.16. The Bertz CT molecular complexity index is 891. The molecule has 1 amide bonds. The summed E-state index contributed by atoms with van der Waals surface area (Å²) in [7, 11) is 0. The molecule has 0 aliphatic carbocycles. The van der Waals surface area contributed by atoms with Crippen LogP contribution >= 0.6 is 11.6 Å². The van der Waals surface area contributed by atoms with Crippen molar-refractivity contribution >= 4 is 17.5 Å². The highest BCUT2D eigenvalue weighted by Gasteiger charge is 2.07. The molecule has 132 valence electrons. The second-order valence-electron chi connectivity index (χ2n) is 6.08. The fourth-order valence-corrected chi connectivity index (χ4v) is 2.68. The number of carbonyl (C=O) groups excluding carboxylic acids is 1. The van der Waals surface area contributed by atoms with E-state index < -0.39 is 0 Å². The van der Waals surface area contributed by atoms with E-state index in [0.717, 1.165) is 11.1 Å². The molecule has 4 heteroatoms. The number of hydrogen-bond acceptors (Lipinski definition) is 2. The highest BCUT2D eigenvalue weighted by molar-refractivity contribution is 6.31. The maximum Gasteiger partial charge on any atom is 0.251 e. The van der Waals surface area contributed by atoms with Gasteiger partial charge >= 0.3 is 0 Å². The molecule has 0 radical (unpaired) electrons. The summed E-state index contributed by atoms with van der Waals surface area (Å²) in [5, 5.41) is 3.60. The van der Waals surface area contributed by atoms with E-state index in [9.17, 15) is 4.79 Å². The van der Waals surface area contributed by atoms with Crippen molar-refractivity contribution in [2.24, 2.45) is 0 Å². The molecule has 0 saturated carbocycles. The van der Waals surface area contributed by atoms with Crippen LogP contribution in [0.1, 0.15) is 27.0 Å². The van der Waals surface area contributed by atoms with Gasteiger partial charge in [0.05, 0.1) is 0 Å². The molecule has 3 aromatic carbocycles. The Labute approximate surface area is 158 Å². The van der Waals surface area contributed by atoms with E-state index in [4.69, 9.17) is 16.3 Å². The molecule has 0 heterocycles. The minimum Gasteiger partial charge on any atom is -0.489 e. The first-order chi connectivity index (χ1) is 12.6. The number of aryl methyl sites for hydroxylation is 1. The molecule has 0 atom stereocenters. The van der Waals surface area contributed by atoms with Gasteiger partial charge in [-0.05, 0) is 36.8 Å². The Morgan fingerprint density at radius 3 is 2.54 bits per heavy atom. The van der Waals surface area contributed by atoms with Crippen molar-refractivity contribution in [1.82, 2.24) is 5.32 Å². The maximum atomic E-state index is 12.4. The summed E-state index contributed by atoms with van der Waals surface area (Å²) >= 11 is 6.14.